The molecule has 34 heavy (non-hydrogen) atoms. The van der Waals surface area contributed by atoms with Crippen LogP contribution in [-0.4, -0.2) is 31.3 Å². The molecule has 0 saturated heterocycles. The number of rotatable bonds is 4. The highest BCUT2D eigenvalue weighted by Gasteiger charge is 2.43. The third-order valence-electron chi connectivity index (χ3n) is 5.21. The SMILES string of the molecule is Cc1ccc(C(=O)Nc2ccc3c(c2)OC(F)(F)O3)cc1NC(=O)c1ccc2c(c1)OCCO2. The largest absolute Gasteiger partial charge is 0.586 e. The van der Waals surface area contributed by atoms with Gasteiger partial charge < -0.3 is 29.6 Å². The molecule has 0 atom stereocenters. The summed E-state index contributed by atoms with van der Waals surface area (Å²) in [6.45, 7) is 2.64. The number of fused-ring (bicyclic) bond motifs is 2. The van der Waals surface area contributed by atoms with E-state index in [0.717, 1.165) is 5.56 Å². The molecule has 2 aliphatic rings. The lowest BCUT2D eigenvalue weighted by Gasteiger charge is -2.19. The predicted octanol–water partition coefficient (Wildman–Crippen LogP) is 4.59. The molecular weight excluding hydrogens is 450 g/mol. The number of carbonyl (C=O) groups is 2. The molecule has 3 aromatic rings. The first kappa shape index (κ1) is 21.5. The Labute approximate surface area is 192 Å². The van der Waals surface area contributed by atoms with Gasteiger partial charge in [-0.2, -0.15) is 0 Å². The van der Waals surface area contributed by atoms with Crippen LogP contribution < -0.4 is 29.6 Å². The van der Waals surface area contributed by atoms with Crippen LogP contribution >= 0.6 is 0 Å². The van der Waals surface area contributed by atoms with Gasteiger partial charge in [0.05, 0.1) is 0 Å². The highest BCUT2D eigenvalue weighted by atomic mass is 19.3. The number of amides is 2. The second-order valence-electron chi connectivity index (χ2n) is 7.63. The lowest BCUT2D eigenvalue weighted by Crippen LogP contribution is -2.25. The van der Waals surface area contributed by atoms with E-state index in [1.807, 2.05) is 0 Å². The lowest BCUT2D eigenvalue weighted by atomic mass is 10.1. The summed E-state index contributed by atoms with van der Waals surface area (Å²) in [4.78, 5) is 25.5. The second kappa shape index (κ2) is 8.22. The fourth-order valence-corrected chi connectivity index (χ4v) is 3.51. The Kier molecular flexibility index (Phi) is 5.20. The van der Waals surface area contributed by atoms with E-state index < -0.39 is 12.2 Å². The van der Waals surface area contributed by atoms with Gasteiger partial charge in [-0.05, 0) is 55.0 Å². The first-order chi connectivity index (χ1) is 16.3. The molecule has 2 N–H and O–H groups in total. The van der Waals surface area contributed by atoms with Gasteiger partial charge in [0.25, 0.3) is 11.8 Å². The monoisotopic (exact) mass is 468 g/mol. The lowest BCUT2D eigenvalue weighted by molar-refractivity contribution is -0.286. The molecule has 0 aromatic heterocycles. The van der Waals surface area contributed by atoms with Crippen molar-refractivity contribution in [1.82, 2.24) is 0 Å². The van der Waals surface area contributed by atoms with Crippen LogP contribution in [0, 0.1) is 6.92 Å². The Balaban J connectivity index is 1.31. The Morgan fingerprint density at radius 1 is 0.765 bits per heavy atom. The van der Waals surface area contributed by atoms with Crippen molar-refractivity contribution in [1.29, 1.82) is 0 Å². The van der Waals surface area contributed by atoms with Gasteiger partial charge >= 0.3 is 6.29 Å². The van der Waals surface area contributed by atoms with Gasteiger partial charge in [0.2, 0.25) is 0 Å². The van der Waals surface area contributed by atoms with E-state index in [1.165, 1.54) is 24.3 Å². The summed E-state index contributed by atoms with van der Waals surface area (Å²) in [7, 11) is 0. The minimum atomic E-state index is -3.74. The zero-order chi connectivity index (χ0) is 23.9. The van der Waals surface area contributed by atoms with Gasteiger partial charge in [0.1, 0.15) is 13.2 Å². The fourth-order valence-electron chi connectivity index (χ4n) is 3.51. The van der Waals surface area contributed by atoms with Gasteiger partial charge in [-0.25, -0.2) is 0 Å². The second-order valence-corrected chi connectivity index (χ2v) is 7.63. The summed E-state index contributed by atoms with van der Waals surface area (Å²) < 4.78 is 46.2. The van der Waals surface area contributed by atoms with Crippen molar-refractivity contribution < 1.29 is 37.3 Å². The van der Waals surface area contributed by atoms with E-state index in [9.17, 15) is 18.4 Å². The van der Waals surface area contributed by atoms with Crippen molar-refractivity contribution in [3.8, 4) is 23.0 Å². The molecular formula is C24H18F2N2O6. The Morgan fingerprint density at radius 3 is 2.24 bits per heavy atom. The molecule has 5 rings (SSSR count). The average molecular weight is 468 g/mol. The third-order valence-corrected chi connectivity index (χ3v) is 5.21. The summed E-state index contributed by atoms with van der Waals surface area (Å²) in [6.07, 6.45) is -3.74. The standard InChI is InChI=1S/C24H18F2N2O6/c1-13-2-3-14(22(29)27-16-5-7-19-21(12-16)34-24(25,26)33-19)10-17(13)28-23(30)15-4-6-18-20(11-15)32-9-8-31-18/h2-7,10-12H,8-9H2,1H3,(H,27,29)(H,28,30). The van der Waals surface area contributed by atoms with E-state index in [2.05, 4.69) is 20.1 Å². The van der Waals surface area contributed by atoms with Gasteiger partial charge in [-0.1, -0.05) is 6.07 Å². The highest BCUT2D eigenvalue weighted by Crippen LogP contribution is 2.42. The van der Waals surface area contributed by atoms with Crippen molar-refractivity contribution in [3.05, 3.63) is 71.3 Å². The molecule has 8 nitrogen and oxygen atoms in total. The highest BCUT2D eigenvalue weighted by molar-refractivity contribution is 6.08. The maximum atomic E-state index is 13.2. The van der Waals surface area contributed by atoms with Crippen LogP contribution in [0.3, 0.4) is 0 Å². The Morgan fingerprint density at radius 2 is 1.41 bits per heavy atom. The van der Waals surface area contributed by atoms with E-state index in [4.69, 9.17) is 9.47 Å². The molecule has 10 heteroatoms. The topological polar surface area (TPSA) is 95.1 Å². The summed E-state index contributed by atoms with van der Waals surface area (Å²) in [5.41, 5.74) is 2.06. The molecule has 0 radical (unpaired) electrons. The van der Waals surface area contributed by atoms with Gasteiger partial charge in [-0.15, -0.1) is 8.78 Å². The van der Waals surface area contributed by atoms with Crippen molar-refractivity contribution in [3.63, 3.8) is 0 Å². The van der Waals surface area contributed by atoms with Crippen molar-refractivity contribution in [2.24, 2.45) is 0 Å². The zero-order valence-corrected chi connectivity index (χ0v) is 17.8. The first-order valence-electron chi connectivity index (χ1n) is 10.3. The van der Waals surface area contributed by atoms with E-state index in [1.54, 1.807) is 37.3 Å². The van der Waals surface area contributed by atoms with Gasteiger partial charge in [-0.3, -0.25) is 9.59 Å². The molecule has 2 aliphatic heterocycles. The summed E-state index contributed by atoms with van der Waals surface area (Å²) >= 11 is 0. The van der Waals surface area contributed by atoms with Crippen LogP contribution in [0.15, 0.2) is 54.6 Å². The van der Waals surface area contributed by atoms with Crippen molar-refractivity contribution >= 4 is 23.2 Å². The van der Waals surface area contributed by atoms with E-state index in [-0.39, 0.29) is 28.7 Å². The summed E-state index contributed by atoms with van der Waals surface area (Å²) in [6, 6.07) is 13.6. The van der Waals surface area contributed by atoms with Crippen LogP contribution in [0.1, 0.15) is 26.3 Å². The molecule has 0 saturated carbocycles. The number of anilines is 2. The number of nitrogens with one attached hydrogen (secondary N) is 2. The van der Waals surface area contributed by atoms with E-state index in [0.29, 0.717) is 36.0 Å². The van der Waals surface area contributed by atoms with Gasteiger partial charge in [0, 0.05) is 28.6 Å². The Hall–Kier alpha value is -4.34. The fraction of sp³-hybridized carbons (Fsp3) is 0.167. The number of halogens is 2. The predicted molar refractivity (Wildman–Crippen MR) is 117 cm³/mol. The summed E-state index contributed by atoms with van der Waals surface area (Å²) in [5, 5.41) is 5.42. The Bertz CT molecular complexity index is 1310. The quantitative estimate of drug-likeness (QED) is 0.582. The smallest absolute Gasteiger partial charge is 0.486 e. The minimum absolute atomic E-state index is 0.123. The molecule has 2 amide bonds. The normalized spacial score (nSPS) is 14.9. The summed E-state index contributed by atoms with van der Waals surface area (Å²) in [5.74, 6) is -0.119. The number of hydrogen-bond donors (Lipinski definition) is 2. The maximum Gasteiger partial charge on any atom is 0.586 e. The molecule has 3 aromatic carbocycles. The molecule has 0 unspecified atom stereocenters. The van der Waals surface area contributed by atoms with Crippen LogP contribution in [-0.2, 0) is 0 Å². The number of carbonyl (C=O) groups excluding carboxylic acids is 2. The zero-order valence-electron chi connectivity index (χ0n) is 17.8. The average Bonchev–Trinajstić information content (AvgIpc) is 3.13. The van der Waals surface area contributed by atoms with Crippen LogP contribution in [0.2, 0.25) is 0 Å². The van der Waals surface area contributed by atoms with Crippen LogP contribution in [0.5, 0.6) is 23.0 Å². The maximum absolute atomic E-state index is 13.2. The minimum Gasteiger partial charge on any atom is -0.486 e. The molecule has 0 aliphatic carbocycles. The van der Waals surface area contributed by atoms with Crippen molar-refractivity contribution in [2.45, 2.75) is 13.2 Å². The number of alkyl halides is 2. The molecule has 0 bridgehead atoms. The van der Waals surface area contributed by atoms with Crippen LogP contribution in [0.4, 0.5) is 20.2 Å². The van der Waals surface area contributed by atoms with Gasteiger partial charge in [0.15, 0.2) is 23.0 Å². The number of aryl methyl sites for hydroxylation is 1. The molecule has 2 heterocycles. The number of hydrogen-bond acceptors (Lipinski definition) is 6. The first-order valence-corrected chi connectivity index (χ1v) is 10.3. The van der Waals surface area contributed by atoms with Crippen LogP contribution in [0.25, 0.3) is 0 Å². The number of ether oxygens (including phenoxy) is 4. The molecule has 0 fully saturated rings. The molecule has 174 valence electrons. The van der Waals surface area contributed by atoms with E-state index >= 15 is 0 Å². The third kappa shape index (κ3) is 4.29. The van der Waals surface area contributed by atoms with Crippen molar-refractivity contribution in [2.75, 3.05) is 23.8 Å². The number of benzene rings is 3. The molecule has 0 spiro atoms.